The summed E-state index contributed by atoms with van der Waals surface area (Å²) in [5.41, 5.74) is 0.552. The van der Waals surface area contributed by atoms with Crippen molar-refractivity contribution in [1.82, 2.24) is 5.32 Å². The summed E-state index contributed by atoms with van der Waals surface area (Å²) in [5, 5.41) is 12.4. The number of rotatable bonds is 3. The minimum absolute atomic E-state index is 0.223. The summed E-state index contributed by atoms with van der Waals surface area (Å²) in [6.45, 7) is 7.80. The van der Waals surface area contributed by atoms with Gasteiger partial charge >= 0.3 is 0 Å². The zero-order valence-electron chi connectivity index (χ0n) is 10.0. The molecule has 0 aromatic heterocycles. The second-order valence-corrected chi connectivity index (χ2v) is 6.29. The Morgan fingerprint density at radius 1 is 1.40 bits per heavy atom. The van der Waals surface area contributed by atoms with Crippen LogP contribution < -0.4 is 5.32 Å². The molecule has 0 aliphatic heterocycles. The van der Waals surface area contributed by atoms with Crippen LogP contribution in [0.1, 0.15) is 40.0 Å². The number of nitriles is 1. The number of nitrogens with one attached hydrogen (secondary N) is 1. The van der Waals surface area contributed by atoms with E-state index in [1.807, 2.05) is 0 Å². The number of nitrogens with zero attached hydrogens (tertiary/aromatic N) is 1. The van der Waals surface area contributed by atoms with Gasteiger partial charge in [0.25, 0.3) is 0 Å². The van der Waals surface area contributed by atoms with Gasteiger partial charge in [0.1, 0.15) is 0 Å². The average Bonchev–Trinajstić information content (AvgIpc) is 2.12. The topological polar surface area (TPSA) is 35.8 Å². The molecule has 0 amide bonds. The van der Waals surface area contributed by atoms with Crippen LogP contribution in [-0.2, 0) is 0 Å². The van der Waals surface area contributed by atoms with E-state index in [0.29, 0.717) is 11.3 Å². The lowest BCUT2D eigenvalue weighted by molar-refractivity contribution is 0.0745. The molecule has 0 saturated heterocycles. The second kappa shape index (κ2) is 4.76. The van der Waals surface area contributed by atoms with Crippen molar-refractivity contribution in [3.05, 3.63) is 0 Å². The van der Waals surface area contributed by atoms with Crippen molar-refractivity contribution < 1.29 is 0 Å². The van der Waals surface area contributed by atoms with Gasteiger partial charge in [0.05, 0.1) is 6.07 Å². The van der Waals surface area contributed by atoms with Gasteiger partial charge in [-0.05, 0) is 30.1 Å². The molecule has 1 fully saturated rings. The van der Waals surface area contributed by atoms with Crippen LogP contribution in [-0.4, -0.2) is 12.4 Å². The van der Waals surface area contributed by atoms with E-state index in [4.69, 9.17) is 5.26 Å². The Labute approximate surface area is 98.8 Å². The van der Waals surface area contributed by atoms with Crippen LogP contribution >= 0.6 is 12.6 Å². The Balaban J connectivity index is 2.69. The number of thiol groups is 1. The highest BCUT2D eigenvalue weighted by atomic mass is 32.1. The maximum Gasteiger partial charge on any atom is 0.0656 e. The van der Waals surface area contributed by atoms with Gasteiger partial charge in [-0.2, -0.15) is 17.9 Å². The standard InChI is InChI=1S/C12H22N2S/c1-11(2)4-10(6-13)5-12(3,7-11)8-14-9-15/h10,14-15H,4-5,7-9H2,1-3H3. The summed E-state index contributed by atoms with van der Waals surface area (Å²) in [5.74, 6) is 0.938. The quantitative estimate of drug-likeness (QED) is 0.573. The highest BCUT2D eigenvalue weighted by Gasteiger charge is 2.40. The van der Waals surface area contributed by atoms with Gasteiger partial charge in [-0.25, -0.2) is 0 Å². The average molecular weight is 226 g/mol. The van der Waals surface area contributed by atoms with E-state index < -0.39 is 0 Å². The SMILES string of the molecule is CC1(C)CC(C#N)CC(C)(CNCS)C1. The van der Waals surface area contributed by atoms with Crippen molar-refractivity contribution >= 4 is 12.6 Å². The van der Waals surface area contributed by atoms with Crippen molar-refractivity contribution in [3.8, 4) is 6.07 Å². The molecule has 2 nitrogen and oxygen atoms in total. The normalized spacial score (nSPS) is 34.7. The fourth-order valence-electron chi connectivity index (χ4n) is 3.22. The molecule has 1 rings (SSSR count). The largest absolute Gasteiger partial charge is 0.308 e. The Morgan fingerprint density at radius 3 is 2.60 bits per heavy atom. The molecule has 0 bridgehead atoms. The first-order chi connectivity index (χ1) is 6.91. The molecule has 86 valence electrons. The fourth-order valence-corrected chi connectivity index (χ4v) is 3.33. The van der Waals surface area contributed by atoms with E-state index in [0.717, 1.165) is 19.4 Å². The second-order valence-electron chi connectivity index (χ2n) is 5.97. The lowest BCUT2D eigenvalue weighted by Gasteiger charge is -2.45. The van der Waals surface area contributed by atoms with E-state index in [-0.39, 0.29) is 11.3 Å². The first-order valence-corrected chi connectivity index (χ1v) is 6.25. The van der Waals surface area contributed by atoms with Crippen LogP contribution in [0.3, 0.4) is 0 Å². The summed E-state index contributed by atoms with van der Waals surface area (Å²) in [6.07, 6.45) is 3.26. The van der Waals surface area contributed by atoms with Crippen LogP contribution in [0.25, 0.3) is 0 Å². The molecule has 3 heteroatoms. The van der Waals surface area contributed by atoms with Gasteiger partial charge < -0.3 is 5.32 Å². The predicted molar refractivity (Wildman–Crippen MR) is 66.7 cm³/mol. The third-order valence-electron chi connectivity index (χ3n) is 3.29. The van der Waals surface area contributed by atoms with Crippen molar-refractivity contribution in [2.75, 3.05) is 12.4 Å². The predicted octanol–water partition coefficient (Wildman–Crippen LogP) is 2.82. The first-order valence-electron chi connectivity index (χ1n) is 5.62. The summed E-state index contributed by atoms with van der Waals surface area (Å²) in [7, 11) is 0. The molecule has 0 radical (unpaired) electrons. The summed E-state index contributed by atoms with van der Waals surface area (Å²) in [4.78, 5) is 0. The molecule has 2 unspecified atom stereocenters. The first kappa shape index (κ1) is 12.9. The third kappa shape index (κ3) is 3.70. The van der Waals surface area contributed by atoms with Crippen LogP contribution in [0.4, 0.5) is 0 Å². The van der Waals surface area contributed by atoms with E-state index in [2.05, 4.69) is 44.8 Å². The lowest BCUT2D eigenvalue weighted by atomic mass is 9.61. The summed E-state index contributed by atoms with van der Waals surface area (Å²) < 4.78 is 0. The molecule has 0 aromatic rings. The van der Waals surface area contributed by atoms with Gasteiger partial charge in [0.2, 0.25) is 0 Å². The van der Waals surface area contributed by atoms with E-state index in [1.54, 1.807) is 0 Å². The molecule has 0 heterocycles. The maximum atomic E-state index is 9.10. The molecule has 0 aromatic carbocycles. The minimum Gasteiger partial charge on any atom is -0.308 e. The maximum absolute atomic E-state index is 9.10. The van der Waals surface area contributed by atoms with E-state index in [9.17, 15) is 0 Å². The van der Waals surface area contributed by atoms with Gasteiger partial charge in [-0.15, -0.1) is 0 Å². The van der Waals surface area contributed by atoms with Gasteiger partial charge in [0, 0.05) is 18.3 Å². The highest BCUT2D eigenvalue weighted by molar-refractivity contribution is 7.80. The summed E-state index contributed by atoms with van der Waals surface area (Å²) >= 11 is 4.17. The van der Waals surface area contributed by atoms with Crippen molar-refractivity contribution in [1.29, 1.82) is 5.26 Å². The molecule has 1 aliphatic carbocycles. The lowest BCUT2D eigenvalue weighted by Crippen LogP contribution is -2.41. The van der Waals surface area contributed by atoms with Crippen LogP contribution in [0.2, 0.25) is 0 Å². The van der Waals surface area contributed by atoms with E-state index in [1.165, 1.54) is 6.42 Å². The number of hydrogen-bond acceptors (Lipinski definition) is 3. The molecular weight excluding hydrogens is 204 g/mol. The van der Waals surface area contributed by atoms with Gasteiger partial charge in [-0.3, -0.25) is 0 Å². The molecule has 0 spiro atoms. The van der Waals surface area contributed by atoms with Crippen LogP contribution in [0.5, 0.6) is 0 Å². The van der Waals surface area contributed by atoms with Crippen molar-refractivity contribution in [3.63, 3.8) is 0 Å². The highest BCUT2D eigenvalue weighted by Crippen LogP contribution is 2.48. The molecule has 1 saturated carbocycles. The zero-order chi connectivity index (χ0) is 11.5. The molecule has 2 atom stereocenters. The molecule has 15 heavy (non-hydrogen) atoms. The fraction of sp³-hybridized carbons (Fsp3) is 0.917. The Bertz CT molecular complexity index is 257. The molecular formula is C12H22N2S. The van der Waals surface area contributed by atoms with Gasteiger partial charge in [-0.1, -0.05) is 20.8 Å². The minimum atomic E-state index is 0.223. The Morgan fingerprint density at radius 2 is 2.07 bits per heavy atom. The monoisotopic (exact) mass is 226 g/mol. The Hall–Kier alpha value is -0.200. The molecule has 1 N–H and O–H groups in total. The van der Waals surface area contributed by atoms with E-state index >= 15 is 0 Å². The van der Waals surface area contributed by atoms with Gasteiger partial charge in [0.15, 0.2) is 0 Å². The van der Waals surface area contributed by atoms with Crippen LogP contribution in [0.15, 0.2) is 0 Å². The Kier molecular flexibility index (Phi) is 4.08. The number of hydrogen-bond donors (Lipinski definition) is 2. The van der Waals surface area contributed by atoms with Crippen LogP contribution in [0, 0.1) is 28.1 Å². The molecule has 1 aliphatic rings. The van der Waals surface area contributed by atoms with Crippen molar-refractivity contribution in [2.24, 2.45) is 16.7 Å². The summed E-state index contributed by atoms with van der Waals surface area (Å²) in [6, 6.07) is 2.44. The third-order valence-corrected chi connectivity index (χ3v) is 3.51. The zero-order valence-corrected chi connectivity index (χ0v) is 10.9. The van der Waals surface area contributed by atoms with Crippen molar-refractivity contribution in [2.45, 2.75) is 40.0 Å². The smallest absolute Gasteiger partial charge is 0.0656 e.